The Morgan fingerprint density at radius 1 is 0.886 bits per heavy atom. The van der Waals surface area contributed by atoms with Gasteiger partial charge in [0, 0.05) is 5.92 Å². The van der Waals surface area contributed by atoms with Crippen molar-refractivity contribution in [3.63, 3.8) is 0 Å². The summed E-state index contributed by atoms with van der Waals surface area (Å²) in [6, 6.07) is 25.5. The third-order valence-electron chi connectivity index (χ3n) is 5.67. The number of nitrogens with zero attached hydrogens (tertiary/aromatic N) is 1. The van der Waals surface area contributed by atoms with Crippen LogP contribution in [0, 0.1) is 0 Å². The second-order valence-corrected chi connectivity index (χ2v) is 9.20. The number of rotatable bonds is 7. The Bertz CT molecular complexity index is 1160. The summed E-state index contributed by atoms with van der Waals surface area (Å²) in [4.78, 5) is 37.2. The van der Waals surface area contributed by atoms with E-state index in [4.69, 9.17) is 4.74 Å². The van der Waals surface area contributed by atoms with Gasteiger partial charge >= 0.3 is 6.09 Å². The fraction of sp³-hybridized carbons (Fsp3) is 0.222. The van der Waals surface area contributed by atoms with Crippen molar-refractivity contribution in [3.8, 4) is 11.1 Å². The SMILES string of the molecule is CCSC(=O)N(Cc1ccccc1)NC(=O)CNC(=O)OCC1c2ccccc2-c2ccccc21. The van der Waals surface area contributed by atoms with Crippen LogP contribution in [-0.2, 0) is 16.1 Å². The molecule has 3 aromatic rings. The van der Waals surface area contributed by atoms with Crippen LogP contribution in [0.25, 0.3) is 11.1 Å². The molecule has 0 aliphatic heterocycles. The van der Waals surface area contributed by atoms with Crippen molar-refractivity contribution in [1.82, 2.24) is 15.8 Å². The highest BCUT2D eigenvalue weighted by Crippen LogP contribution is 2.44. The van der Waals surface area contributed by atoms with Crippen molar-refractivity contribution in [3.05, 3.63) is 95.6 Å². The molecule has 0 spiro atoms. The first kappa shape index (κ1) is 24.3. The van der Waals surface area contributed by atoms with Crippen LogP contribution in [-0.4, -0.2) is 41.2 Å². The maximum absolute atomic E-state index is 12.5. The average molecular weight is 490 g/mol. The Balaban J connectivity index is 1.30. The predicted molar refractivity (Wildman–Crippen MR) is 137 cm³/mol. The maximum atomic E-state index is 12.5. The number of alkyl carbamates (subject to hydrolysis) is 1. The van der Waals surface area contributed by atoms with Gasteiger partial charge in [0.15, 0.2) is 0 Å². The molecule has 0 atom stereocenters. The Morgan fingerprint density at radius 2 is 1.49 bits per heavy atom. The molecule has 2 N–H and O–H groups in total. The number of carbonyl (C=O) groups excluding carboxylic acids is 3. The van der Waals surface area contributed by atoms with Gasteiger partial charge in [0.25, 0.3) is 11.1 Å². The smallest absolute Gasteiger partial charge is 0.407 e. The monoisotopic (exact) mass is 489 g/mol. The number of hydrogen-bond donors (Lipinski definition) is 2. The van der Waals surface area contributed by atoms with Crippen LogP contribution in [0.1, 0.15) is 29.5 Å². The van der Waals surface area contributed by atoms with Crippen molar-refractivity contribution in [1.29, 1.82) is 0 Å². The summed E-state index contributed by atoms with van der Waals surface area (Å²) in [6.07, 6.45) is -0.689. The van der Waals surface area contributed by atoms with E-state index in [1.165, 1.54) is 5.01 Å². The molecular weight excluding hydrogens is 462 g/mol. The summed E-state index contributed by atoms with van der Waals surface area (Å²) >= 11 is 1.10. The number of hydrazine groups is 1. The van der Waals surface area contributed by atoms with Gasteiger partial charge in [0.2, 0.25) is 0 Å². The van der Waals surface area contributed by atoms with Crippen molar-refractivity contribution in [2.75, 3.05) is 18.9 Å². The number of nitrogens with one attached hydrogen (secondary N) is 2. The summed E-state index contributed by atoms with van der Waals surface area (Å²) in [6.45, 7) is 1.94. The Morgan fingerprint density at radius 3 is 2.11 bits per heavy atom. The molecule has 0 saturated heterocycles. The first-order valence-corrected chi connectivity index (χ1v) is 12.4. The molecule has 0 radical (unpaired) electrons. The van der Waals surface area contributed by atoms with E-state index in [-0.39, 0.29) is 30.9 Å². The average Bonchev–Trinajstić information content (AvgIpc) is 3.20. The third kappa shape index (κ3) is 6.02. The predicted octanol–water partition coefficient (Wildman–Crippen LogP) is 4.93. The molecule has 0 heterocycles. The zero-order valence-electron chi connectivity index (χ0n) is 19.4. The topological polar surface area (TPSA) is 87.7 Å². The number of hydrogen-bond acceptors (Lipinski definition) is 5. The van der Waals surface area contributed by atoms with E-state index in [1.807, 2.05) is 73.7 Å². The summed E-state index contributed by atoms with van der Waals surface area (Å²) in [5, 5.41) is 3.46. The molecule has 180 valence electrons. The lowest BCUT2D eigenvalue weighted by Crippen LogP contribution is -2.48. The van der Waals surface area contributed by atoms with Crippen LogP contribution >= 0.6 is 11.8 Å². The normalized spacial score (nSPS) is 11.8. The van der Waals surface area contributed by atoms with Crippen molar-refractivity contribution in [2.45, 2.75) is 19.4 Å². The van der Waals surface area contributed by atoms with Crippen molar-refractivity contribution >= 4 is 29.0 Å². The van der Waals surface area contributed by atoms with Crippen LogP contribution in [0.2, 0.25) is 0 Å². The molecule has 3 amide bonds. The minimum absolute atomic E-state index is 0.0629. The van der Waals surface area contributed by atoms with E-state index in [9.17, 15) is 14.4 Å². The molecule has 8 heteroatoms. The highest BCUT2D eigenvalue weighted by atomic mass is 32.2. The maximum Gasteiger partial charge on any atom is 0.407 e. The number of ether oxygens (including phenoxy) is 1. The van der Waals surface area contributed by atoms with Gasteiger partial charge in [0.05, 0.1) is 6.54 Å². The van der Waals surface area contributed by atoms with Gasteiger partial charge in [0.1, 0.15) is 13.2 Å². The fourth-order valence-electron chi connectivity index (χ4n) is 4.11. The lowest BCUT2D eigenvalue weighted by Gasteiger charge is -2.23. The Hall–Kier alpha value is -3.78. The van der Waals surface area contributed by atoms with Crippen molar-refractivity contribution < 1.29 is 19.1 Å². The Labute approximate surface area is 208 Å². The first-order valence-electron chi connectivity index (χ1n) is 11.4. The first-order chi connectivity index (χ1) is 17.1. The van der Waals surface area contributed by atoms with Crippen LogP contribution < -0.4 is 10.7 Å². The molecule has 4 rings (SSSR count). The molecule has 3 aromatic carbocycles. The molecule has 7 nitrogen and oxygen atoms in total. The zero-order chi connectivity index (χ0) is 24.6. The van der Waals surface area contributed by atoms with Gasteiger partial charge in [-0.05, 0) is 33.6 Å². The Kier molecular flexibility index (Phi) is 8.05. The fourth-order valence-corrected chi connectivity index (χ4v) is 4.62. The number of carbonyl (C=O) groups is 3. The van der Waals surface area contributed by atoms with Crippen LogP contribution in [0.15, 0.2) is 78.9 Å². The molecule has 0 saturated carbocycles. The minimum Gasteiger partial charge on any atom is -0.449 e. The number of fused-ring (bicyclic) bond motifs is 3. The van der Waals surface area contributed by atoms with E-state index >= 15 is 0 Å². The highest BCUT2D eigenvalue weighted by Gasteiger charge is 2.29. The standard InChI is InChI=1S/C27H27N3O4S/c1-2-35-27(33)30(17-19-10-4-3-5-11-19)29-25(31)16-28-26(32)34-18-24-22-14-8-6-12-20(22)21-13-7-9-15-23(21)24/h3-15,24H,2,16-18H2,1H3,(H,28,32)(H,29,31). The van der Waals surface area contributed by atoms with Gasteiger partial charge in [-0.25, -0.2) is 9.80 Å². The minimum atomic E-state index is -0.689. The number of thioether (sulfide) groups is 1. The van der Waals surface area contributed by atoms with E-state index in [1.54, 1.807) is 0 Å². The van der Waals surface area contributed by atoms with Gasteiger partial charge < -0.3 is 10.1 Å². The van der Waals surface area contributed by atoms with E-state index in [0.29, 0.717) is 5.75 Å². The van der Waals surface area contributed by atoms with Gasteiger partial charge in [-0.3, -0.25) is 15.0 Å². The molecule has 0 fully saturated rings. The van der Waals surface area contributed by atoms with E-state index in [0.717, 1.165) is 39.6 Å². The van der Waals surface area contributed by atoms with Crippen LogP contribution in [0.4, 0.5) is 9.59 Å². The lowest BCUT2D eigenvalue weighted by molar-refractivity contribution is -0.123. The molecule has 1 aliphatic carbocycles. The van der Waals surface area contributed by atoms with Gasteiger partial charge in [-0.1, -0.05) is 97.5 Å². The van der Waals surface area contributed by atoms with E-state index in [2.05, 4.69) is 22.9 Å². The van der Waals surface area contributed by atoms with Crippen molar-refractivity contribution in [2.24, 2.45) is 0 Å². The summed E-state index contributed by atoms with van der Waals surface area (Å²) in [7, 11) is 0. The molecular formula is C27H27N3O4S. The highest BCUT2D eigenvalue weighted by molar-refractivity contribution is 8.13. The molecule has 1 aliphatic rings. The second-order valence-electron chi connectivity index (χ2n) is 7.98. The zero-order valence-corrected chi connectivity index (χ0v) is 20.2. The molecule has 0 bridgehead atoms. The summed E-state index contributed by atoms with van der Waals surface area (Å²) < 4.78 is 5.46. The van der Waals surface area contributed by atoms with Gasteiger partial charge in [-0.15, -0.1) is 0 Å². The van der Waals surface area contributed by atoms with Crippen LogP contribution in [0.3, 0.4) is 0 Å². The summed E-state index contributed by atoms with van der Waals surface area (Å²) in [5.41, 5.74) is 7.97. The number of benzene rings is 3. The number of amides is 3. The van der Waals surface area contributed by atoms with Crippen LogP contribution in [0.5, 0.6) is 0 Å². The largest absolute Gasteiger partial charge is 0.449 e. The molecule has 0 aromatic heterocycles. The third-order valence-corrected chi connectivity index (χ3v) is 6.42. The summed E-state index contributed by atoms with van der Waals surface area (Å²) in [5.74, 6) is 0.00405. The quantitative estimate of drug-likeness (QED) is 0.460. The van der Waals surface area contributed by atoms with Gasteiger partial charge in [-0.2, -0.15) is 0 Å². The second kappa shape index (κ2) is 11.6. The lowest BCUT2D eigenvalue weighted by atomic mass is 9.98. The molecule has 0 unspecified atom stereocenters. The molecule has 35 heavy (non-hydrogen) atoms. The van der Waals surface area contributed by atoms with E-state index < -0.39 is 12.0 Å².